The van der Waals surface area contributed by atoms with Crippen molar-refractivity contribution in [3.8, 4) is 0 Å². The second-order valence-electron chi connectivity index (χ2n) is 6.75. The van der Waals surface area contributed by atoms with Gasteiger partial charge in [0, 0.05) is 24.5 Å². The van der Waals surface area contributed by atoms with Crippen molar-refractivity contribution in [1.82, 2.24) is 20.1 Å². The highest BCUT2D eigenvalue weighted by Gasteiger charge is 2.31. The first-order valence-corrected chi connectivity index (χ1v) is 8.47. The Balaban J connectivity index is 1.62. The maximum absolute atomic E-state index is 12.2. The van der Waals surface area contributed by atoms with E-state index in [-0.39, 0.29) is 6.03 Å². The predicted molar refractivity (Wildman–Crippen MR) is 94.0 cm³/mol. The van der Waals surface area contributed by atoms with E-state index in [4.69, 9.17) is 0 Å². The van der Waals surface area contributed by atoms with Crippen molar-refractivity contribution in [2.75, 3.05) is 5.32 Å². The van der Waals surface area contributed by atoms with Crippen molar-refractivity contribution in [2.45, 2.75) is 53.1 Å². The summed E-state index contributed by atoms with van der Waals surface area (Å²) in [6.45, 7) is 8.55. The van der Waals surface area contributed by atoms with E-state index in [2.05, 4.69) is 27.6 Å². The second kappa shape index (κ2) is 6.63. The molecule has 0 unspecified atom stereocenters. The lowest BCUT2D eigenvalue weighted by Gasteiger charge is -2.16. The normalized spacial score (nSPS) is 15.2. The predicted octanol–water partition coefficient (Wildman–Crippen LogP) is 3.50. The first-order chi connectivity index (χ1) is 11.4. The van der Waals surface area contributed by atoms with E-state index in [1.54, 1.807) is 0 Å². The fraction of sp³-hybridized carbons (Fsp3) is 0.500. The highest BCUT2D eigenvalue weighted by Crippen LogP contribution is 2.40. The summed E-state index contributed by atoms with van der Waals surface area (Å²) in [6.07, 6.45) is 4.30. The molecule has 0 aliphatic heterocycles. The maximum Gasteiger partial charge on any atom is 0.320 e. The van der Waals surface area contributed by atoms with Gasteiger partial charge in [-0.25, -0.2) is 9.48 Å². The molecule has 0 aromatic carbocycles. The minimum absolute atomic E-state index is 0.223. The van der Waals surface area contributed by atoms with Crippen molar-refractivity contribution in [1.29, 1.82) is 0 Å². The van der Waals surface area contributed by atoms with Crippen molar-refractivity contribution in [3.63, 3.8) is 0 Å². The molecule has 2 aromatic heterocycles. The Morgan fingerprint density at radius 2 is 2.04 bits per heavy atom. The van der Waals surface area contributed by atoms with Crippen molar-refractivity contribution >= 4 is 11.8 Å². The number of nitrogens with one attached hydrogen (secondary N) is 2. The second-order valence-corrected chi connectivity index (χ2v) is 6.75. The molecule has 128 valence electrons. The molecule has 1 aliphatic rings. The molecule has 2 heterocycles. The zero-order chi connectivity index (χ0) is 17.3. The molecule has 24 heavy (non-hydrogen) atoms. The zero-order valence-electron chi connectivity index (χ0n) is 14.8. The average molecular weight is 327 g/mol. The summed E-state index contributed by atoms with van der Waals surface area (Å²) in [4.78, 5) is 16.5. The fourth-order valence-corrected chi connectivity index (χ4v) is 2.94. The summed E-state index contributed by atoms with van der Waals surface area (Å²) in [5, 5.41) is 10.4. The first-order valence-electron chi connectivity index (χ1n) is 8.47. The number of urea groups is 1. The quantitative estimate of drug-likeness (QED) is 0.883. The number of rotatable bonds is 5. The minimum Gasteiger partial charge on any atom is -0.334 e. The number of pyridine rings is 1. The molecule has 0 saturated heterocycles. The Morgan fingerprint density at radius 1 is 1.29 bits per heavy atom. The van der Waals surface area contributed by atoms with Gasteiger partial charge in [0.05, 0.1) is 11.7 Å². The highest BCUT2D eigenvalue weighted by molar-refractivity contribution is 5.88. The minimum atomic E-state index is -0.223. The highest BCUT2D eigenvalue weighted by atomic mass is 16.2. The van der Waals surface area contributed by atoms with Gasteiger partial charge in [-0.15, -0.1) is 0 Å². The summed E-state index contributed by atoms with van der Waals surface area (Å²) >= 11 is 0. The smallest absolute Gasteiger partial charge is 0.320 e. The first kappa shape index (κ1) is 16.5. The molecule has 1 saturated carbocycles. The molecular formula is C18H25N5O. The SMILES string of the molecule is Cc1cc(C)c(CNC(=O)Nc2cc(C)nn2[C@@H](C)C2CC2)cn1. The molecule has 1 fully saturated rings. The number of anilines is 1. The Hall–Kier alpha value is -2.37. The molecular weight excluding hydrogens is 302 g/mol. The van der Waals surface area contributed by atoms with Crippen LogP contribution < -0.4 is 10.6 Å². The fourth-order valence-electron chi connectivity index (χ4n) is 2.94. The van der Waals surface area contributed by atoms with Gasteiger partial charge < -0.3 is 5.32 Å². The van der Waals surface area contributed by atoms with E-state index in [1.165, 1.54) is 12.8 Å². The van der Waals surface area contributed by atoms with Gasteiger partial charge in [0.2, 0.25) is 0 Å². The number of carbonyl (C=O) groups is 1. The van der Waals surface area contributed by atoms with Crippen LogP contribution in [0.3, 0.4) is 0 Å². The largest absolute Gasteiger partial charge is 0.334 e. The molecule has 6 heteroatoms. The number of aryl methyl sites for hydroxylation is 3. The van der Waals surface area contributed by atoms with Crippen LogP contribution >= 0.6 is 0 Å². The molecule has 2 amide bonds. The summed E-state index contributed by atoms with van der Waals surface area (Å²) in [5.74, 6) is 1.43. The molecule has 0 spiro atoms. The molecule has 6 nitrogen and oxygen atoms in total. The average Bonchev–Trinajstić information content (AvgIpc) is 3.30. The summed E-state index contributed by atoms with van der Waals surface area (Å²) in [6, 6.07) is 4.03. The third-order valence-electron chi connectivity index (χ3n) is 4.58. The molecule has 0 bridgehead atoms. The van der Waals surface area contributed by atoms with Crippen LogP contribution in [0.4, 0.5) is 10.6 Å². The number of amides is 2. The Kier molecular flexibility index (Phi) is 4.55. The number of nitrogens with zero attached hydrogens (tertiary/aromatic N) is 3. The lowest BCUT2D eigenvalue weighted by atomic mass is 10.1. The van der Waals surface area contributed by atoms with E-state index in [9.17, 15) is 4.79 Å². The maximum atomic E-state index is 12.2. The van der Waals surface area contributed by atoms with Gasteiger partial charge in [-0.3, -0.25) is 10.3 Å². The van der Waals surface area contributed by atoms with Crippen molar-refractivity contribution < 1.29 is 4.79 Å². The Labute approximate surface area is 142 Å². The van der Waals surface area contributed by atoms with Crippen LogP contribution in [-0.4, -0.2) is 20.8 Å². The van der Waals surface area contributed by atoms with Gasteiger partial charge in [0.15, 0.2) is 0 Å². The monoisotopic (exact) mass is 327 g/mol. The Bertz CT molecular complexity index is 748. The number of hydrogen-bond acceptors (Lipinski definition) is 3. The van der Waals surface area contributed by atoms with Gasteiger partial charge in [-0.1, -0.05) is 0 Å². The van der Waals surface area contributed by atoms with Gasteiger partial charge in [0.25, 0.3) is 0 Å². The summed E-state index contributed by atoms with van der Waals surface area (Å²) in [5.41, 5.74) is 4.04. The van der Waals surface area contributed by atoms with Crippen molar-refractivity contribution in [3.05, 3.63) is 40.8 Å². The van der Waals surface area contributed by atoms with E-state index in [1.807, 2.05) is 43.8 Å². The van der Waals surface area contributed by atoms with E-state index in [0.29, 0.717) is 18.5 Å². The van der Waals surface area contributed by atoms with Crippen LogP contribution in [0.1, 0.15) is 48.3 Å². The number of carbonyl (C=O) groups excluding carboxylic acids is 1. The number of aromatic nitrogens is 3. The van der Waals surface area contributed by atoms with E-state index < -0.39 is 0 Å². The standard InChI is InChI=1S/C18H25N5O/c1-11-7-12(2)19-9-16(11)10-20-18(24)21-17-8-13(3)22-23(17)14(4)15-5-6-15/h7-9,14-15H,5-6,10H2,1-4H3,(H2,20,21,24)/t14-/m0/s1. The molecule has 1 atom stereocenters. The van der Waals surface area contributed by atoms with Gasteiger partial charge in [-0.05, 0) is 63.6 Å². The summed E-state index contributed by atoms with van der Waals surface area (Å²) < 4.78 is 1.94. The van der Waals surface area contributed by atoms with Crippen LogP contribution in [0.15, 0.2) is 18.3 Å². The van der Waals surface area contributed by atoms with Crippen LogP contribution in [0, 0.1) is 26.7 Å². The lowest BCUT2D eigenvalue weighted by Crippen LogP contribution is -2.30. The van der Waals surface area contributed by atoms with E-state index >= 15 is 0 Å². The third-order valence-corrected chi connectivity index (χ3v) is 4.58. The Morgan fingerprint density at radius 3 is 2.71 bits per heavy atom. The molecule has 2 aromatic rings. The molecule has 2 N–H and O–H groups in total. The van der Waals surface area contributed by atoms with E-state index in [0.717, 1.165) is 28.3 Å². The molecule has 3 rings (SSSR count). The van der Waals surface area contributed by atoms with Crippen LogP contribution in [-0.2, 0) is 6.54 Å². The molecule has 0 radical (unpaired) electrons. The third kappa shape index (κ3) is 3.75. The van der Waals surface area contributed by atoms with Gasteiger partial charge >= 0.3 is 6.03 Å². The lowest BCUT2D eigenvalue weighted by molar-refractivity contribution is 0.251. The van der Waals surface area contributed by atoms with Gasteiger partial charge in [0.1, 0.15) is 5.82 Å². The van der Waals surface area contributed by atoms with Crippen LogP contribution in [0.25, 0.3) is 0 Å². The van der Waals surface area contributed by atoms with Gasteiger partial charge in [-0.2, -0.15) is 5.10 Å². The number of hydrogen-bond donors (Lipinski definition) is 2. The summed E-state index contributed by atoms with van der Waals surface area (Å²) in [7, 11) is 0. The topological polar surface area (TPSA) is 71.8 Å². The van der Waals surface area contributed by atoms with Crippen LogP contribution in [0.2, 0.25) is 0 Å². The zero-order valence-corrected chi connectivity index (χ0v) is 14.8. The van der Waals surface area contributed by atoms with Crippen LogP contribution in [0.5, 0.6) is 0 Å². The van der Waals surface area contributed by atoms with Crippen molar-refractivity contribution in [2.24, 2.45) is 5.92 Å². The molecule has 1 aliphatic carbocycles.